The lowest BCUT2D eigenvalue weighted by Gasteiger charge is -2.52. The van der Waals surface area contributed by atoms with Gasteiger partial charge in [-0.2, -0.15) is 92.2 Å². The van der Waals surface area contributed by atoms with Crippen molar-refractivity contribution in [2.24, 2.45) is 0 Å². The second kappa shape index (κ2) is 8.40. The molecule has 0 bridgehead atoms. The molecular formula is C9F21N3O3. The summed E-state index contributed by atoms with van der Waals surface area (Å²) < 4.78 is 270. The van der Waals surface area contributed by atoms with Gasteiger partial charge in [-0.1, -0.05) is 0 Å². The molecule has 0 radical (unpaired) electrons. The van der Waals surface area contributed by atoms with E-state index in [-0.39, 0.29) is 0 Å². The molecule has 0 aromatic carbocycles. The quantitative estimate of drug-likeness (QED) is 0.284. The molecule has 0 aromatic rings. The normalized spacial score (nSPS) is 23.2. The second-order valence-electron chi connectivity index (χ2n) is 5.73. The Balaban J connectivity index is 3.88. The van der Waals surface area contributed by atoms with E-state index < -0.39 is 70.6 Å². The first-order chi connectivity index (χ1) is 15.3. The number of hydroxylamine groups is 6. The van der Waals surface area contributed by atoms with Crippen LogP contribution in [0.1, 0.15) is 0 Å². The van der Waals surface area contributed by atoms with Crippen molar-refractivity contribution < 1.29 is 107 Å². The maximum Gasteiger partial charge on any atom is 0.484 e. The van der Waals surface area contributed by atoms with Gasteiger partial charge in [-0.25, -0.2) is 14.5 Å². The Hall–Kier alpha value is -1.71. The molecule has 1 saturated heterocycles. The van der Waals surface area contributed by atoms with E-state index in [0.717, 1.165) is 0 Å². The molecule has 1 heterocycles. The molecule has 0 N–H and O–H groups in total. The number of hydrogen-bond donors (Lipinski definition) is 0. The summed E-state index contributed by atoms with van der Waals surface area (Å²) in [5.74, 6) is 0. The summed E-state index contributed by atoms with van der Waals surface area (Å²) in [7, 11) is 0. The van der Waals surface area contributed by atoms with E-state index in [9.17, 15) is 92.2 Å². The lowest BCUT2D eigenvalue weighted by Crippen LogP contribution is -2.81. The summed E-state index contributed by atoms with van der Waals surface area (Å²) in [4.78, 5) is 5.02. The van der Waals surface area contributed by atoms with E-state index in [0.29, 0.717) is 0 Å². The molecule has 1 fully saturated rings. The fourth-order valence-electron chi connectivity index (χ4n) is 1.56. The summed E-state index contributed by atoms with van der Waals surface area (Å²) in [5.41, 5.74) is 0. The Morgan fingerprint density at radius 2 is 0.472 bits per heavy atom. The molecule has 27 heteroatoms. The zero-order valence-corrected chi connectivity index (χ0v) is 15.0. The highest BCUT2D eigenvalue weighted by molar-refractivity contribution is 4.84. The second-order valence-corrected chi connectivity index (χ2v) is 5.73. The van der Waals surface area contributed by atoms with Crippen LogP contribution < -0.4 is 0 Å². The molecule has 0 saturated carbocycles. The van der Waals surface area contributed by atoms with Crippen molar-refractivity contribution in [1.29, 1.82) is 0 Å². The number of alkyl halides is 21. The summed E-state index contributed by atoms with van der Waals surface area (Å²) in [6.07, 6.45) is -67.6. The third kappa shape index (κ3) is 5.43. The van der Waals surface area contributed by atoms with Crippen LogP contribution >= 0.6 is 0 Å². The van der Waals surface area contributed by atoms with E-state index in [1.165, 1.54) is 0 Å². The Morgan fingerprint density at radius 1 is 0.333 bits per heavy atom. The van der Waals surface area contributed by atoms with Gasteiger partial charge in [-0.05, 0) is 15.2 Å². The topological polar surface area (TPSA) is 37.4 Å². The standard InChI is InChI=1S/C9F21N3O3/c10-1(11,12)4(19,20)34-31-7(25,26)32(35-5(21,22)2(13,14)15)9(29,30)33(8(31,27)28)36-6(23,24)3(16,17)18. The lowest BCUT2D eigenvalue weighted by molar-refractivity contribution is -0.699. The molecule has 0 atom stereocenters. The Kier molecular flexibility index (Phi) is 7.54. The van der Waals surface area contributed by atoms with Crippen molar-refractivity contribution in [3.8, 4) is 0 Å². The van der Waals surface area contributed by atoms with Gasteiger partial charge in [0.05, 0.1) is 0 Å². The van der Waals surface area contributed by atoms with E-state index >= 15 is 0 Å². The largest absolute Gasteiger partial charge is 0.484 e. The van der Waals surface area contributed by atoms with Gasteiger partial charge in [0.15, 0.2) is 0 Å². The van der Waals surface area contributed by atoms with E-state index in [4.69, 9.17) is 0 Å². The lowest BCUT2D eigenvalue weighted by atomic mass is 10.5. The van der Waals surface area contributed by atoms with Crippen LogP contribution in [-0.2, 0) is 14.5 Å². The Morgan fingerprint density at radius 3 is 0.583 bits per heavy atom. The van der Waals surface area contributed by atoms with Gasteiger partial charge in [0.2, 0.25) is 0 Å². The zero-order chi connectivity index (χ0) is 29.4. The molecule has 0 amide bonds. The summed E-state index contributed by atoms with van der Waals surface area (Å²) in [6, 6.07) is 0. The maximum absolute atomic E-state index is 14.0. The van der Waals surface area contributed by atoms with Crippen LogP contribution in [0.5, 0.6) is 0 Å². The molecule has 0 aromatic heterocycles. The number of hydrogen-bond acceptors (Lipinski definition) is 6. The monoisotopic (exact) mass is 597 g/mol. The van der Waals surface area contributed by atoms with Gasteiger partial charge in [0, 0.05) is 0 Å². The van der Waals surface area contributed by atoms with Crippen LogP contribution in [0.3, 0.4) is 0 Å². The SMILES string of the molecule is FC1(F)N(OC(F)(F)C(F)(F)F)C(F)(F)N(OC(F)(F)C(F)(F)F)C(F)(F)N1OC(F)(F)C(F)(F)F. The van der Waals surface area contributed by atoms with Gasteiger partial charge < -0.3 is 0 Å². The number of nitrogens with zero attached hydrogens (tertiary/aromatic N) is 3. The Bertz CT molecular complexity index is 679. The van der Waals surface area contributed by atoms with E-state index in [1.807, 2.05) is 0 Å². The molecule has 6 nitrogen and oxygen atoms in total. The van der Waals surface area contributed by atoms with Crippen molar-refractivity contribution in [2.45, 2.75) is 55.4 Å². The molecule has 0 spiro atoms. The zero-order valence-electron chi connectivity index (χ0n) is 15.0. The summed E-state index contributed by atoms with van der Waals surface area (Å²) >= 11 is 0. The molecule has 0 aliphatic carbocycles. The predicted molar refractivity (Wildman–Crippen MR) is 56.6 cm³/mol. The van der Waals surface area contributed by atoms with Crippen molar-refractivity contribution in [2.75, 3.05) is 0 Å². The van der Waals surface area contributed by atoms with Gasteiger partial charge in [0.1, 0.15) is 0 Å². The first-order valence-corrected chi connectivity index (χ1v) is 7.22. The van der Waals surface area contributed by atoms with Gasteiger partial charge >= 0.3 is 55.4 Å². The fourth-order valence-corrected chi connectivity index (χ4v) is 1.56. The fraction of sp³-hybridized carbons (Fsp3) is 1.00. The molecule has 36 heavy (non-hydrogen) atoms. The predicted octanol–water partition coefficient (Wildman–Crippen LogP) is 5.82. The maximum atomic E-state index is 14.0. The summed E-state index contributed by atoms with van der Waals surface area (Å²) in [5, 5.41) is -11.8. The van der Waals surface area contributed by atoms with Gasteiger partial charge in [-0.15, -0.1) is 0 Å². The highest BCUT2D eigenvalue weighted by Crippen LogP contribution is 2.56. The van der Waals surface area contributed by atoms with Gasteiger partial charge in [-0.3, -0.25) is 0 Å². The minimum atomic E-state index is -7.62. The third-order valence-corrected chi connectivity index (χ3v) is 3.07. The molecule has 1 aliphatic rings. The molecule has 0 unspecified atom stereocenters. The molecule has 1 aliphatic heterocycles. The minimum absolute atomic E-state index is 1.67. The average molecular weight is 597 g/mol. The molecule has 216 valence electrons. The van der Waals surface area contributed by atoms with Crippen molar-refractivity contribution in [3.63, 3.8) is 0 Å². The smallest absolute Gasteiger partial charge is 0.208 e. The highest BCUT2D eigenvalue weighted by Gasteiger charge is 2.84. The summed E-state index contributed by atoms with van der Waals surface area (Å²) in [6.45, 7) is 0. The average Bonchev–Trinajstić information content (AvgIpc) is 2.57. The number of rotatable bonds is 6. The van der Waals surface area contributed by atoms with Crippen molar-refractivity contribution in [3.05, 3.63) is 0 Å². The van der Waals surface area contributed by atoms with Gasteiger partial charge in [0.25, 0.3) is 0 Å². The van der Waals surface area contributed by atoms with E-state index in [2.05, 4.69) is 0 Å². The third-order valence-electron chi connectivity index (χ3n) is 3.07. The first-order valence-electron chi connectivity index (χ1n) is 7.22. The van der Waals surface area contributed by atoms with Crippen LogP contribution in [0.15, 0.2) is 0 Å². The number of halogens is 21. The van der Waals surface area contributed by atoms with Crippen molar-refractivity contribution >= 4 is 0 Å². The van der Waals surface area contributed by atoms with Crippen LogP contribution in [0.4, 0.5) is 92.2 Å². The minimum Gasteiger partial charge on any atom is -0.208 e. The molecular weight excluding hydrogens is 597 g/mol. The van der Waals surface area contributed by atoms with Crippen LogP contribution in [0.25, 0.3) is 0 Å². The Labute approximate surface area is 179 Å². The van der Waals surface area contributed by atoms with Crippen LogP contribution in [0, 0.1) is 0 Å². The van der Waals surface area contributed by atoms with Crippen LogP contribution in [0.2, 0.25) is 0 Å². The van der Waals surface area contributed by atoms with Crippen LogP contribution in [-0.4, -0.2) is 70.6 Å². The highest BCUT2D eigenvalue weighted by atomic mass is 19.4. The van der Waals surface area contributed by atoms with E-state index in [1.54, 1.807) is 14.5 Å². The first kappa shape index (κ1) is 32.3. The van der Waals surface area contributed by atoms with Crippen molar-refractivity contribution in [1.82, 2.24) is 15.2 Å². The molecule has 1 rings (SSSR count).